The topological polar surface area (TPSA) is 74.1 Å². The molecule has 1 N–H and O–H groups in total. The highest BCUT2D eigenvalue weighted by Crippen LogP contribution is 2.44. The minimum Gasteiger partial charge on any atom is -0.493 e. The largest absolute Gasteiger partial charge is 0.493 e. The van der Waals surface area contributed by atoms with Crippen molar-refractivity contribution in [2.45, 2.75) is 6.54 Å². The van der Waals surface area contributed by atoms with Crippen molar-refractivity contribution in [1.82, 2.24) is 14.7 Å². The number of fused-ring (bicyclic) bond motifs is 1. The average Bonchev–Trinajstić information content (AvgIpc) is 3.07. The number of hydrogen-bond acceptors (Lipinski definition) is 5. The maximum atomic E-state index is 13.3. The summed E-state index contributed by atoms with van der Waals surface area (Å²) in [4.78, 5) is 17.0. The second kappa shape index (κ2) is 7.83. The third kappa shape index (κ3) is 3.68. The van der Waals surface area contributed by atoms with Gasteiger partial charge < -0.3 is 23.9 Å². The smallest absolute Gasteiger partial charge is 0.253 e. The fraction of sp³-hybridized carbons (Fsp3) is 0.222. The van der Waals surface area contributed by atoms with E-state index in [9.17, 15) is 9.18 Å². The monoisotopic (exact) mass is 437 g/mol. The molecule has 0 aliphatic rings. The molecule has 1 aromatic carbocycles. The Balaban J connectivity index is 1.84. The standard InChI is InChI=1S/C18H17BrFN3O4/c1-25-13-6-12(15(19)17(27-3)16(13)26-2)18(24)21-7-11-9-23-8-10(20)4-5-14(23)22-11/h4-6,8-9H,7H2,1-3H3,(H,21,24). The molecule has 27 heavy (non-hydrogen) atoms. The molecule has 3 aromatic rings. The first kappa shape index (κ1) is 19.0. The molecule has 2 heterocycles. The van der Waals surface area contributed by atoms with Gasteiger partial charge in [0.2, 0.25) is 5.75 Å². The molecule has 0 saturated heterocycles. The van der Waals surface area contributed by atoms with Gasteiger partial charge in [-0.1, -0.05) is 0 Å². The number of ether oxygens (including phenoxy) is 3. The summed E-state index contributed by atoms with van der Waals surface area (Å²) < 4.78 is 31.2. The number of rotatable bonds is 6. The van der Waals surface area contributed by atoms with Gasteiger partial charge in [0, 0.05) is 12.4 Å². The van der Waals surface area contributed by atoms with Crippen molar-refractivity contribution < 1.29 is 23.4 Å². The number of hydrogen-bond donors (Lipinski definition) is 1. The van der Waals surface area contributed by atoms with Crippen molar-refractivity contribution in [3.8, 4) is 17.2 Å². The third-order valence-electron chi connectivity index (χ3n) is 3.91. The maximum absolute atomic E-state index is 13.3. The highest BCUT2D eigenvalue weighted by molar-refractivity contribution is 9.10. The van der Waals surface area contributed by atoms with Crippen LogP contribution < -0.4 is 19.5 Å². The summed E-state index contributed by atoms with van der Waals surface area (Å²) in [6.45, 7) is 0.172. The van der Waals surface area contributed by atoms with Gasteiger partial charge in [-0.25, -0.2) is 9.37 Å². The number of nitrogens with zero attached hydrogens (tertiary/aromatic N) is 2. The summed E-state index contributed by atoms with van der Waals surface area (Å²) in [5, 5.41) is 2.78. The summed E-state index contributed by atoms with van der Waals surface area (Å²) in [7, 11) is 4.43. The molecule has 1 amide bonds. The Bertz CT molecular complexity index is 1010. The van der Waals surface area contributed by atoms with E-state index >= 15 is 0 Å². The minimum absolute atomic E-state index is 0.172. The first-order valence-electron chi connectivity index (χ1n) is 7.88. The van der Waals surface area contributed by atoms with Crippen LogP contribution >= 0.6 is 15.9 Å². The fourth-order valence-electron chi connectivity index (χ4n) is 2.65. The van der Waals surface area contributed by atoms with Gasteiger partial charge in [-0.3, -0.25) is 4.79 Å². The normalized spacial score (nSPS) is 10.7. The molecule has 0 saturated carbocycles. The number of imidazole rings is 1. The lowest BCUT2D eigenvalue weighted by atomic mass is 10.1. The number of benzene rings is 1. The molecule has 0 fully saturated rings. The summed E-state index contributed by atoms with van der Waals surface area (Å²) in [5.41, 5.74) is 1.51. The van der Waals surface area contributed by atoms with Gasteiger partial charge in [0.1, 0.15) is 11.5 Å². The lowest BCUT2D eigenvalue weighted by Crippen LogP contribution is -2.23. The van der Waals surface area contributed by atoms with E-state index in [0.29, 0.717) is 38.6 Å². The molecular formula is C18H17BrFN3O4. The molecule has 0 unspecified atom stereocenters. The SMILES string of the molecule is COc1cc(C(=O)NCc2cn3cc(F)ccc3n2)c(Br)c(OC)c1OC. The molecule has 7 nitrogen and oxygen atoms in total. The van der Waals surface area contributed by atoms with Crippen LogP contribution in [0.1, 0.15) is 16.1 Å². The molecule has 0 aliphatic heterocycles. The lowest BCUT2D eigenvalue weighted by Gasteiger charge is -2.16. The van der Waals surface area contributed by atoms with Gasteiger partial charge in [-0.15, -0.1) is 0 Å². The molecule has 142 valence electrons. The van der Waals surface area contributed by atoms with Gasteiger partial charge in [0.15, 0.2) is 11.5 Å². The Morgan fingerprint density at radius 1 is 1.19 bits per heavy atom. The zero-order valence-corrected chi connectivity index (χ0v) is 16.5. The number of pyridine rings is 1. The average molecular weight is 438 g/mol. The van der Waals surface area contributed by atoms with Crippen LogP contribution in [0.4, 0.5) is 4.39 Å². The molecular weight excluding hydrogens is 421 g/mol. The molecule has 3 rings (SSSR count). The number of carbonyl (C=O) groups excluding carboxylic acids is 1. The molecule has 9 heteroatoms. The van der Waals surface area contributed by atoms with E-state index < -0.39 is 0 Å². The molecule has 0 spiro atoms. The quantitative estimate of drug-likeness (QED) is 0.640. The van der Waals surface area contributed by atoms with Crippen molar-refractivity contribution in [3.05, 3.63) is 52.1 Å². The van der Waals surface area contributed by atoms with E-state index in [1.165, 1.54) is 33.6 Å². The lowest BCUT2D eigenvalue weighted by molar-refractivity contribution is 0.0948. The van der Waals surface area contributed by atoms with E-state index in [2.05, 4.69) is 26.2 Å². The third-order valence-corrected chi connectivity index (χ3v) is 4.70. The maximum Gasteiger partial charge on any atom is 0.253 e. The Kier molecular flexibility index (Phi) is 5.50. The van der Waals surface area contributed by atoms with Crippen LogP contribution in [0, 0.1) is 5.82 Å². The van der Waals surface area contributed by atoms with Gasteiger partial charge in [0.25, 0.3) is 5.91 Å². The van der Waals surface area contributed by atoms with Crippen LogP contribution in [-0.2, 0) is 6.54 Å². The first-order chi connectivity index (χ1) is 13.0. The van der Waals surface area contributed by atoms with E-state index in [-0.39, 0.29) is 18.3 Å². The second-order valence-corrected chi connectivity index (χ2v) is 6.33. The molecule has 0 radical (unpaired) electrons. The van der Waals surface area contributed by atoms with Gasteiger partial charge in [-0.2, -0.15) is 0 Å². The first-order valence-corrected chi connectivity index (χ1v) is 8.67. The zero-order chi connectivity index (χ0) is 19.6. The van der Waals surface area contributed by atoms with Gasteiger partial charge in [-0.05, 0) is 34.1 Å². The van der Waals surface area contributed by atoms with Crippen LogP contribution in [0.2, 0.25) is 0 Å². The van der Waals surface area contributed by atoms with Crippen LogP contribution in [0.15, 0.2) is 35.1 Å². The van der Waals surface area contributed by atoms with Crippen LogP contribution in [0.3, 0.4) is 0 Å². The van der Waals surface area contributed by atoms with Crippen LogP contribution in [0.25, 0.3) is 5.65 Å². The van der Waals surface area contributed by atoms with E-state index in [1.54, 1.807) is 22.7 Å². The number of nitrogens with one attached hydrogen (secondary N) is 1. The van der Waals surface area contributed by atoms with Gasteiger partial charge in [0.05, 0.1) is 43.6 Å². The number of aromatic nitrogens is 2. The Morgan fingerprint density at radius 3 is 2.59 bits per heavy atom. The Labute approximate surface area is 163 Å². The fourth-order valence-corrected chi connectivity index (χ4v) is 3.29. The Morgan fingerprint density at radius 2 is 1.93 bits per heavy atom. The molecule has 0 atom stereocenters. The van der Waals surface area contributed by atoms with E-state index in [4.69, 9.17) is 14.2 Å². The number of halogens is 2. The van der Waals surface area contributed by atoms with Crippen molar-refractivity contribution >= 4 is 27.5 Å². The van der Waals surface area contributed by atoms with Crippen molar-refractivity contribution in [2.24, 2.45) is 0 Å². The molecule has 0 aliphatic carbocycles. The molecule has 0 bridgehead atoms. The zero-order valence-electron chi connectivity index (χ0n) is 14.9. The number of amides is 1. The summed E-state index contributed by atoms with van der Waals surface area (Å²) in [6.07, 6.45) is 2.98. The predicted octanol–water partition coefficient (Wildman–Crippen LogP) is 3.19. The Hall–Kier alpha value is -2.81. The van der Waals surface area contributed by atoms with E-state index in [1.807, 2.05) is 0 Å². The number of carbonyl (C=O) groups is 1. The highest BCUT2D eigenvalue weighted by atomic mass is 79.9. The predicted molar refractivity (Wildman–Crippen MR) is 100 cm³/mol. The van der Waals surface area contributed by atoms with Crippen molar-refractivity contribution in [3.63, 3.8) is 0 Å². The van der Waals surface area contributed by atoms with Crippen molar-refractivity contribution in [1.29, 1.82) is 0 Å². The minimum atomic E-state index is -0.364. The van der Waals surface area contributed by atoms with Crippen molar-refractivity contribution in [2.75, 3.05) is 21.3 Å². The molecule has 2 aromatic heterocycles. The van der Waals surface area contributed by atoms with Crippen LogP contribution in [0.5, 0.6) is 17.2 Å². The summed E-state index contributed by atoms with van der Waals surface area (Å²) in [5.74, 6) is 0.378. The highest BCUT2D eigenvalue weighted by Gasteiger charge is 2.22. The van der Waals surface area contributed by atoms with E-state index in [0.717, 1.165) is 0 Å². The summed E-state index contributed by atoms with van der Waals surface area (Å²) >= 11 is 3.38. The number of methoxy groups -OCH3 is 3. The summed E-state index contributed by atoms with van der Waals surface area (Å²) in [6, 6.07) is 4.45. The van der Waals surface area contributed by atoms with Crippen LogP contribution in [-0.4, -0.2) is 36.6 Å². The second-order valence-electron chi connectivity index (χ2n) is 5.53. The van der Waals surface area contributed by atoms with Gasteiger partial charge >= 0.3 is 0 Å².